The maximum absolute atomic E-state index is 12.4. The molecule has 2 fully saturated rings. The van der Waals surface area contributed by atoms with E-state index in [0.717, 1.165) is 39.0 Å². The zero-order valence-corrected chi connectivity index (χ0v) is 13.8. The van der Waals surface area contributed by atoms with Gasteiger partial charge >= 0.3 is 0 Å². The molecule has 0 bridgehead atoms. The zero-order valence-electron chi connectivity index (χ0n) is 13.0. The SMILES string of the molecule is CN(CC(=O)N1CCC2(CCNC2)CC1)C(=O)c1cccs1. The summed E-state index contributed by atoms with van der Waals surface area (Å²) in [5, 5.41) is 5.31. The van der Waals surface area contributed by atoms with Crippen LogP contribution in [0.15, 0.2) is 17.5 Å². The molecule has 2 saturated heterocycles. The molecule has 2 aliphatic heterocycles. The Bertz CT molecular complexity index is 528. The summed E-state index contributed by atoms with van der Waals surface area (Å²) in [7, 11) is 1.70. The van der Waals surface area contributed by atoms with Gasteiger partial charge in [0.2, 0.25) is 5.91 Å². The Labute approximate surface area is 135 Å². The molecule has 6 heteroatoms. The molecule has 5 nitrogen and oxygen atoms in total. The molecule has 2 aliphatic rings. The van der Waals surface area contributed by atoms with Crippen LogP contribution in [0.1, 0.15) is 28.9 Å². The predicted molar refractivity (Wildman–Crippen MR) is 87.0 cm³/mol. The molecule has 0 aromatic carbocycles. The van der Waals surface area contributed by atoms with Crippen LogP contribution in [0.2, 0.25) is 0 Å². The van der Waals surface area contributed by atoms with E-state index in [-0.39, 0.29) is 18.4 Å². The Morgan fingerprint density at radius 2 is 2.14 bits per heavy atom. The fourth-order valence-corrected chi connectivity index (χ4v) is 4.13. The minimum absolute atomic E-state index is 0.0632. The number of likely N-dealkylation sites (tertiary alicyclic amines) is 1. The van der Waals surface area contributed by atoms with E-state index in [1.807, 2.05) is 16.3 Å². The second-order valence-electron chi connectivity index (χ2n) is 6.45. The summed E-state index contributed by atoms with van der Waals surface area (Å²) in [5.74, 6) is -0.00923. The van der Waals surface area contributed by atoms with Gasteiger partial charge in [0, 0.05) is 26.7 Å². The highest BCUT2D eigenvalue weighted by atomic mass is 32.1. The van der Waals surface area contributed by atoms with Crippen LogP contribution >= 0.6 is 11.3 Å². The molecule has 120 valence electrons. The minimum Gasteiger partial charge on any atom is -0.341 e. The standard InChI is InChI=1S/C16H23N3O2S/c1-18(15(21)13-3-2-10-22-13)11-14(20)19-8-5-16(6-9-19)4-7-17-12-16/h2-3,10,17H,4-9,11-12H2,1H3. The molecular weight excluding hydrogens is 298 g/mol. The van der Waals surface area contributed by atoms with Gasteiger partial charge in [0.15, 0.2) is 0 Å². The maximum Gasteiger partial charge on any atom is 0.264 e. The molecule has 1 aromatic heterocycles. The molecule has 0 unspecified atom stereocenters. The highest BCUT2D eigenvalue weighted by Crippen LogP contribution is 2.36. The number of nitrogens with zero attached hydrogens (tertiary/aromatic N) is 2. The maximum atomic E-state index is 12.4. The minimum atomic E-state index is -0.0724. The number of rotatable bonds is 3. The van der Waals surface area contributed by atoms with Gasteiger partial charge in [-0.25, -0.2) is 0 Å². The second kappa shape index (κ2) is 6.38. The first-order valence-electron chi connectivity index (χ1n) is 7.87. The van der Waals surface area contributed by atoms with E-state index in [2.05, 4.69) is 5.32 Å². The average molecular weight is 321 g/mol. The normalized spacial score (nSPS) is 20.3. The van der Waals surface area contributed by atoms with Crippen molar-refractivity contribution < 1.29 is 9.59 Å². The summed E-state index contributed by atoms with van der Waals surface area (Å²) in [6.07, 6.45) is 3.38. The van der Waals surface area contributed by atoms with Crippen molar-refractivity contribution in [3.63, 3.8) is 0 Å². The first kappa shape index (κ1) is 15.5. The van der Waals surface area contributed by atoms with Crippen molar-refractivity contribution in [3.8, 4) is 0 Å². The van der Waals surface area contributed by atoms with Gasteiger partial charge in [0.1, 0.15) is 0 Å². The number of likely N-dealkylation sites (N-methyl/N-ethyl adjacent to an activating group) is 1. The van der Waals surface area contributed by atoms with E-state index < -0.39 is 0 Å². The Balaban J connectivity index is 1.51. The van der Waals surface area contributed by atoms with Crippen molar-refractivity contribution in [2.24, 2.45) is 5.41 Å². The van der Waals surface area contributed by atoms with Crippen LogP contribution in [0.4, 0.5) is 0 Å². The largest absolute Gasteiger partial charge is 0.341 e. The molecule has 2 amide bonds. The van der Waals surface area contributed by atoms with Gasteiger partial charge in [-0.05, 0) is 42.7 Å². The van der Waals surface area contributed by atoms with Gasteiger partial charge in [-0.1, -0.05) is 6.07 Å². The van der Waals surface area contributed by atoms with Crippen LogP contribution < -0.4 is 5.32 Å². The average Bonchev–Trinajstić information content (AvgIpc) is 3.19. The number of thiophene rings is 1. The highest BCUT2D eigenvalue weighted by Gasteiger charge is 2.38. The molecule has 3 rings (SSSR count). The van der Waals surface area contributed by atoms with Gasteiger partial charge in [-0.15, -0.1) is 11.3 Å². The van der Waals surface area contributed by atoms with E-state index >= 15 is 0 Å². The van der Waals surface area contributed by atoms with Crippen molar-refractivity contribution in [3.05, 3.63) is 22.4 Å². The lowest BCUT2D eigenvalue weighted by Gasteiger charge is -2.39. The van der Waals surface area contributed by atoms with E-state index in [9.17, 15) is 9.59 Å². The van der Waals surface area contributed by atoms with E-state index in [1.165, 1.54) is 22.7 Å². The van der Waals surface area contributed by atoms with Crippen molar-refractivity contribution >= 4 is 23.2 Å². The molecule has 0 radical (unpaired) electrons. The number of hydrogen-bond acceptors (Lipinski definition) is 4. The molecule has 1 spiro atoms. The number of carbonyl (C=O) groups is 2. The Kier molecular flexibility index (Phi) is 4.49. The second-order valence-corrected chi connectivity index (χ2v) is 7.39. The molecular formula is C16H23N3O2S. The molecule has 1 aromatic rings. The number of piperidine rings is 1. The smallest absolute Gasteiger partial charge is 0.264 e. The molecule has 0 aliphatic carbocycles. The van der Waals surface area contributed by atoms with Crippen LogP contribution in [0.3, 0.4) is 0 Å². The highest BCUT2D eigenvalue weighted by molar-refractivity contribution is 7.12. The summed E-state index contributed by atoms with van der Waals surface area (Å²) < 4.78 is 0. The quantitative estimate of drug-likeness (QED) is 0.916. The lowest BCUT2D eigenvalue weighted by atomic mass is 9.78. The summed E-state index contributed by atoms with van der Waals surface area (Å²) in [4.78, 5) is 28.7. The third-order valence-electron chi connectivity index (χ3n) is 4.96. The fourth-order valence-electron chi connectivity index (χ4n) is 3.42. The van der Waals surface area contributed by atoms with Gasteiger partial charge in [-0.2, -0.15) is 0 Å². The summed E-state index contributed by atoms with van der Waals surface area (Å²) in [6.45, 7) is 4.00. The molecule has 0 atom stereocenters. The molecule has 22 heavy (non-hydrogen) atoms. The van der Waals surface area contributed by atoms with E-state index in [0.29, 0.717) is 10.3 Å². The van der Waals surface area contributed by atoms with Gasteiger partial charge in [-0.3, -0.25) is 9.59 Å². The number of hydrogen-bond donors (Lipinski definition) is 1. The fraction of sp³-hybridized carbons (Fsp3) is 0.625. The topological polar surface area (TPSA) is 52.7 Å². The van der Waals surface area contributed by atoms with Crippen molar-refractivity contribution in [2.45, 2.75) is 19.3 Å². The monoisotopic (exact) mass is 321 g/mol. The van der Waals surface area contributed by atoms with Crippen LogP contribution in [-0.4, -0.2) is 61.4 Å². The van der Waals surface area contributed by atoms with Gasteiger partial charge < -0.3 is 15.1 Å². The van der Waals surface area contributed by atoms with Gasteiger partial charge in [0.25, 0.3) is 5.91 Å². The summed E-state index contributed by atoms with van der Waals surface area (Å²) in [6, 6.07) is 3.65. The molecule has 0 saturated carbocycles. The summed E-state index contributed by atoms with van der Waals surface area (Å²) >= 11 is 1.41. The number of amides is 2. The lowest BCUT2D eigenvalue weighted by molar-refractivity contribution is -0.133. The Hall–Kier alpha value is -1.40. The predicted octanol–water partition coefficient (Wildman–Crippen LogP) is 1.42. The molecule has 1 N–H and O–H groups in total. The van der Waals surface area contributed by atoms with Crippen molar-refractivity contribution in [1.29, 1.82) is 0 Å². The Morgan fingerprint density at radius 1 is 1.36 bits per heavy atom. The first-order valence-corrected chi connectivity index (χ1v) is 8.75. The van der Waals surface area contributed by atoms with E-state index in [1.54, 1.807) is 13.1 Å². The number of carbonyl (C=O) groups excluding carboxylic acids is 2. The lowest BCUT2D eigenvalue weighted by Crippen LogP contribution is -2.47. The zero-order chi connectivity index (χ0) is 15.6. The van der Waals surface area contributed by atoms with Crippen LogP contribution in [0, 0.1) is 5.41 Å². The molecule has 3 heterocycles. The van der Waals surface area contributed by atoms with Crippen LogP contribution in [-0.2, 0) is 4.79 Å². The Morgan fingerprint density at radius 3 is 2.73 bits per heavy atom. The van der Waals surface area contributed by atoms with Crippen LogP contribution in [0.5, 0.6) is 0 Å². The number of nitrogens with one attached hydrogen (secondary N) is 1. The summed E-state index contributed by atoms with van der Waals surface area (Å²) in [5.41, 5.74) is 0.412. The van der Waals surface area contributed by atoms with Crippen molar-refractivity contribution in [2.75, 3.05) is 39.8 Å². The first-order chi connectivity index (χ1) is 10.6. The van der Waals surface area contributed by atoms with Crippen molar-refractivity contribution in [1.82, 2.24) is 15.1 Å². The third-order valence-corrected chi connectivity index (χ3v) is 5.82. The van der Waals surface area contributed by atoms with E-state index in [4.69, 9.17) is 0 Å². The van der Waals surface area contributed by atoms with Crippen LogP contribution in [0.25, 0.3) is 0 Å². The third kappa shape index (κ3) is 3.17. The van der Waals surface area contributed by atoms with Gasteiger partial charge in [0.05, 0.1) is 11.4 Å².